The predicted molar refractivity (Wildman–Crippen MR) is 81.5 cm³/mol. The van der Waals surface area contributed by atoms with Gasteiger partial charge in [-0.25, -0.2) is 4.79 Å². The molecule has 112 valence electrons. The van der Waals surface area contributed by atoms with E-state index < -0.39 is 0 Å². The lowest BCUT2D eigenvalue weighted by Gasteiger charge is -2.02. The van der Waals surface area contributed by atoms with Crippen LogP contribution in [0.3, 0.4) is 0 Å². The molecule has 0 spiro atoms. The van der Waals surface area contributed by atoms with Gasteiger partial charge in [0.15, 0.2) is 0 Å². The van der Waals surface area contributed by atoms with E-state index >= 15 is 0 Å². The van der Waals surface area contributed by atoms with Crippen molar-refractivity contribution in [3.63, 3.8) is 0 Å². The second kappa shape index (κ2) is 11.0. The summed E-state index contributed by atoms with van der Waals surface area (Å²) in [6, 6.07) is 0.815. The lowest BCUT2D eigenvalue weighted by Crippen LogP contribution is -2.31. The Bertz CT molecular complexity index is 261. The summed E-state index contributed by atoms with van der Waals surface area (Å²) in [5.74, 6) is 2.29. The minimum absolute atomic E-state index is 0.00491. The number of nitrogens with one attached hydrogen (secondary N) is 3. The molecular weight excluding hydrogens is 262 g/mol. The van der Waals surface area contributed by atoms with E-state index in [2.05, 4.69) is 22.9 Å². The maximum atomic E-state index is 10.6. The van der Waals surface area contributed by atoms with Crippen molar-refractivity contribution in [3.05, 3.63) is 0 Å². The van der Waals surface area contributed by atoms with Crippen molar-refractivity contribution in [1.29, 1.82) is 0 Å². The maximum Gasteiger partial charge on any atom is 0.315 e. The molecule has 3 N–H and O–H groups in total. The Morgan fingerprint density at radius 2 is 1.84 bits per heavy atom. The molecule has 2 heterocycles. The summed E-state index contributed by atoms with van der Waals surface area (Å²) in [4.78, 5) is 21.1. The highest BCUT2D eigenvalue weighted by Gasteiger charge is 2.35. The van der Waals surface area contributed by atoms with Gasteiger partial charge in [-0.05, 0) is 6.42 Å². The SMILES string of the molecule is CC.CCCCC(=O)NC.O=C1NC2CSCC2N1. The van der Waals surface area contributed by atoms with Crippen LogP contribution in [0.1, 0.15) is 40.0 Å². The summed E-state index contributed by atoms with van der Waals surface area (Å²) in [5.41, 5.74) is 0. The minimum atomic E-state index is 0.00491. The van der Waals surface area contributed by atoms with Gasteiger partial charge in [-0.15, -0.1) is 0 Å². The number of hydrogen-bond donors (Lipinski definition) is 3. The lowest BCUT2D eigenvalue weighted by molar-refractivity contribution is -0.120. The number of fused-ring (bicyclic) bond motifs is 1. The summed E-state index contributed by atoms with van der Waals surface area (Å²) in [6.07, 6.45) is 2.76. The second-order valence-electron chi connectivity index (χ2n) is 4.14. The van der Waals surface area contributed by atoms with Crippen molar-refractivity contribution in [1.82, 2.24) is 16.0 Å². The van der Waals surface area contributed by atoms with E-state index in [0.29, 0.717) is 18.5 Å². The standard InChI is InChI=1S/C6H13NO.C5H8N2OS.C2H6/c1-3-4-5-6(8)7-2;8-5-6-3-1-9-2-4(3)7-5;1-2/h3-5H2,1-2H3,(H,7,8);3-4H,1-2H2,(H2,6,7,8);1-2H3. The summed E-state index contributed by atoms with van der Waals surface area (Å²) < 4.78 is 0. The molecule has 2 aliphatic heterocycles. The Morgan fingerprint density at radius 3 is 2.26 bits per heavy atom. The smallest absolute Gasteiger partial charge is 0.315 e. The average molecular weight is 289 g/mol. The molecule has 0 saturated carbocycles. The van der Waals surface area contributed by atoms with Gasteiger partial charge < -0.3 is 16.0 Å². The molecule has 2 rings (SSSR count). The van der Waals surface area contributed by atoms with Crippen molar-refractivity contribution in [2.45, 2.75) is 52.1 Å². The Kier molecular flexibility index (Phi) is 10.4. The molecule has 2 unspecified atom stereocenters. The molecule has 0 aromatic rings. The summed E-state index contributed by atoms with van der Waals surface area (Å²) in [6.45, 7) is 6.07. The van der Waals surface area contributed by atoms with Crippen LogP contribution in [0.5, 0.6) is 0 Å². The van der Waals surface area contributed by atoms with Gasteiger partial charge in [0, 0.05) is 25.0 Å². The Hall–Kier alpha value is -0.910. The predicted octanol–water partition coefficient (Wildman–Crippen LogP) is 1.73. The number of urea groups is 1. The highest BCUT2D eigenvalue weighted by Crippen LogP contribution is 2.20. The molecule has 0 aromatic heterocycles. The topological polar surface area (TPSA) is 70.2 Å². The summed E-state index contributed by atoms with van der Waals surface area (Å²) in [7, 11) is 1.66. The number of unbranched alkanes of at least 4 members (excludes halogenated alkanes) is 1. The minimum Gasteiger partial charge on any atom is -0.359 e. The van der Waals surface area contributed by atoms with Crippen LogP contribution >= 0.6 is 11.8 Å². The third-order valence-electron chi connectivity index (χ3n) is 2.75. The van der Waals surface area contributed by atoms with Crippen LogP contribution in [-0.2, 0) is 4.79 Å². The first-order valence-electron chi connectivity index (χ1n) is 7.02. The van der Waals surface area contributed by atoms with E-state index in [0.717, 1.165) is 24.3 Å². The highest BCUT2D eigenvalue weighted by molar-refractivity contribution is 7.99. The van der Waals surface area contributed by atoms with Gasteiger partial charge in [0.25, 0.3) is 0 Å². The molecule has 5 nitrogen and oxygen atoms in total. The normalized spacial score (nSPS) is 22.8. The van der Waals surface area contributed by atoms with Crippen molar-refractivity contribution >= 4 is 23.7 Å². The molecular formula is C13H27N3O2S. The first-order valence-corrected chi connectivity index (χ1v) is 8.18. The maximum absolute atomic E-state index is 10.6. The zero-order chi connectivity index (χ0) is 14.7. The van der Waals surface area contributed by atoms with E-state index in [4.69, 9.17) is 0 Å². The van der Waals surface area contributed by atoms with Crippen molar-refractivity contribution in [3.8, 4) is 0 Å². The molecule has 0 aromatic carbocycles. The van der Waals surface area contributed by atoms with E-state index in [1.165, 1.54) is 0 Å². The average Bonchev–Trinajstić information content (AvgIpc) is 2.99. The monoisotopic (exact) mass is 289 g/mol. The highest BCUT2D eigenvalue weighted by atomic mass is 32.2. The van der Waals surface area contributed by atoms with Crippen LogP contribution in [0.15, 0.2) is 0 Å². The van der Waals surface area contributed by atoms with Gasteiger partial charge in [0.05, 0.1) is 12.1 Å². The van der Waals surface area contributed by atoms with Crippen molar-refractivity contribution < 1.29 is 9.59 Å². The molecule has 2 aliphatic rings. The van der Waals surface area contributed by atoms with Gasteiger partial charge in [-0.3, -0.25) is 4.79 Å². The van der Waals surface area contributed by atoms with E-state index in [1.807, 2.05) is 25.6 Å². The van der Waals surface area contributed by atoms with Crippen molar-refractivity contribution in [2.75, 3.05) is 18.6 Å². The van der Waals surface area contributed by atoms with Gasteiger partial charge in [0.2, 0.25) is 5.91 Å². The van der Waals surface area contributed by atoms with E-state index in [-0.39, 0.29) is 11.9 Å². The quantitative estimate of drug-likeness (QED) is 0.693. The fourth-order valence-electron chi connectivity index (χ4n) is 1.68. The summed E-state index contributed by atoms with van der Waals surface area (Å²) in [5, 5.41) is 8.25. The van der Waals surface area contributed by atoms with Crippen LogP contribution < -0.4 is 16.0 Å². The fourth-order valence-corrected chi connectivity index (χ4v) is 2.95. The zero-order valence-electron chi connectivity index (χ0n) is 12.4. The van der Waals surface area contributed by atoms with Gasteiger partial charge in [-0.2, -0.15) is 11.8 Å². The van der Waals surface area contributed by atoms with Crippen molar-refractivity contribution in [2.24, 2.45) is 0 Å². The lowest BCUT2D eigenvalue weighted by atomic mass is 10.2. The summed E-state index contributed by atoms with van der Waals surface area (Å²) >= 11 is 1.89. The van der Waals surface area contributed by atoms with Crippen LogP contribution in [0.25, 0.3) is 0 Å². The molecule has 2 saturated heterocycles. The van der Waals surface area contributed by atoms with Crippen LogP contribution in [0.2, 0.25) is 0 Å². The first-order chi connectivity index (χ1) is 9.17. The molecule has 2 atom stereocenters. The third kappa shape index (κ3) is 7.30. The number of carbonyl (C=O) groups excluding carboxylic acids is 2. The number of rotatable bonds is 3. The second-order valence-corrected chi connectivity index (χ2v) is 5.22. The molecule has 2 fully saturated rings. The Balaban J connectivity index is 0.000000305. The zero-order valence-corrected chi connectivity index (χ0v) is 13.2. The molecule has 6 heteroatoms. The van der Waals surface area contributed by atoms with Crippen LogP contribution in [0, 0.1) is 0 Å². The third-order valence-corrected chi connectivity index (χ3v) is 3.94. The van der Waals surface area contributed by atoms with Crippen LogP contribution in [-0.4, -0.2) is 42.6 Å². The first kappa shape index (κ1) is 18.1. The Labute approximate surface area is 120 Å². The fraction of sp³-hybridized carbons (Fsp3) is 0.846. The van der Waals surface area contributed by atoms with Crippen LogP contribution in [0.4, 0.5) is 4.79 Å². The van der Waals surface area contributed by atoms with E-state index in [1.54, 1.807) is 7.05 Å². The largest absolute Gasteiger partial charge is 0.359 e. The van der Waals surface area contributed by atoms with Gasteiger partial charge in [-0.1, -0.05) is 27.2 Å². The molecule has 3 amide bonds. The molecule has 0 radical (unpaired) electrons. The molecule has 0 aliphatic carbocycles. The Morgan fingerprint density at radius 1 is 1.32 bits per heavy atom. The van der Waals surface area contributed by atoms with Gasteiger partial charge >= 0.3 is 6.03 Å². The van der Waals surface area contributed by atoms with Gasteiger partial charge in [0.1, 0.15) is 0 Å². The molecule has 19 heavy (non-hydrogen) atoms. The van der Waals surface area contributed by atoms with E-state index in [9.17, 15) is 9.59 Å². The number of carbonyl (C=O) groups is 2. The number of hydrogen-bond acceptors (Lipinski definition) is 3. The molecule has 0 bridgehead atoms. The number of thioether (sulfide) groups is 1. The number of amides is 3.